The maximum atomic E-state index is 11.6. The maximum absolute atomic E-state index is 11.6. The molecule has 1 amide bonds. The summed E-state index contributed by atoms with van der Waals surface area (Å²) in [5.41, 5.74) is 2.58. The second-order valence-electron chi connectivity index (χ2n) is 5.85. The fourth-order valence-corrected chi connectivity index (χ4v) is 2.68. The van der Waals surface area contributed by atoms with E-state index in [1.807, 2.05) is 13.8 Å². The molecule has 0 bridgehead atoms. The summed E-state index contributed by atoms with van der Waals surface area (Å²) in [5.74, 6) is 1.12. The Morgan fingerprint density at radius 3 is 2.90 bits per heavy atom. The first-order valence-electron chi connectivity index (χ1n) is 7.88. The van der Waals surface area contributed by atoms with Crippen LogP contribution in [0.3, 0.4) is 0 Å². The largest absolute Gasteiger partial charge is 0.493 e. The molecule has 0 fully saturated rings. The number of rotatable bonds is 7. The lowest BCUT2D eigenvalue weighted by molar-refractivity contribution is -0.121. The Bertz CT molecular complexity index is 486. The molecule has 1 heterocycles. The van der Waals surface area contributed by atoms with E-state index in [1.54, 1.807) is 0 Å². The van der Waals surface area contributed by atoms with E-state index >= 15 is 0 Å². The quantitative estimate of drug-likeness (QED) is 0.811. The van der Waals surface area contributed by atoms with Crippen LogP contribution in [0.2, 0.25) is 0 Å². The molecule has 2 rings (SSSR count). The van der Waals surface area contributed by atoms with E-state index in [9.17, 15) is 4.79 Å². The molecule has 4 heteroatoms. The highest BCUT2D eigenvalue weighted by atomic mass is 16.5. The van der Waals surface area contributed by atoms with Gasteiger partial charge in [-0.2, -0.15) is 0 Å². The standard InChI is InChI=1S/C17H26N2O2/c1-4-15(18-9-7-17(20)19-12(2)3)13-5-6-16-14(11-13)8-10-21-16/h5-6,11-12,15,18H,4,7-10H2,1-3H3,(H,19,20). The van der Waals surface area contributed by atoms with Crippen LogP contribution in [0.5, 0.6) is 5.75 Å². The molecule has 0 saturated carbocycles. The Hall–Kier alpha value is -1.55. The first kappa shape index (κ1) is 15.8. The summed E-state index contributed by atoms with van der Waals surface area (Å²) < 4.78 is 5.54. The summed E-state index contributed by atoms with van der Waals surface area (Å²) >= 11 is 0. The molecule has 0 aromatic heterocycles. The monoisotopic (exact) mass is 290 g/mol. The summed E-state index contributed by atoms with van der Waals surface area (Å²) in [7, 11) is 0. The van der Waals surface area contributed by atoms with Crippen molar-refractivity contribution in [3.8, 4) is 5.75 Å². The first-order chi connectivity index (χ1) is 10.1. The van der Waals surface area contributed by atoms with Gasteiger partial charge < -0.3 is 15.4 Å². The van der Waals surface area contributed by atoms with Crippen LogP contribution in [0.1, 0.15) is 50.8 Å². The fraction of sp³-hybridized carbons (Fsp3) is 0.588. The molecule has 0 radical (unpaired) electrons. The van der Waals surface area contributed by atoms with Gasteiger partial charge in [-0.05, 0) is 37.5 Å². The molecular formula is C17H26N2O2. The number of nitrogens with one attached hydrogen (secondary N) is 2. The highest BCUT2D eigenvalue weighted by Crippen LogP contribution is 2.29. The van der Waals surface area contributed by atoms with Crippen molar-refractivity contribution in [2.24, 2.45) is 0 Å². The molecule has 2 N–H and O–H groups in total. The summed E-state index contributed by atoms with van der Waals surface area (Å²) in [6.07, 6.45) is 2.52. The Morgan fingerprint density at radius 1 is 1.38 bits per heavy atom. The van der Waals surface area contributed by atoms with Crippen molar-refractivity contribution in [1.29, 1.82) is 0 Å². The van der Waals surface area contributed by atoms with Crippen molar-refractivity contribution in [1.82, 2.24) is 10.6 Å². The number of fused-ring (bicyclic) bond motifs is 1. The number of hydrogen-bond donors (Lipinski definition) is 2. The number of carbonyl (C=O) groups excluding carboxylic acids is 1. The van der Waals surface area contributed by atoms with Crippen molar-refractivity contribution < 1.29 is 9.53 Å². The van der Waals surface area contributed by atoms with Crippen molar-refractivity contribution >= 4 is 5.91 Å². The van der Waals surface area contributed by atoms with Gasteiger partial charge >= 0.3 is 0 Å². The van der Waals surface area contributed by atoms with Crippen LogP contribution in [-0.2, 0) is 11.2 Å². The third-order valence-electron chi connectivity index (χ3n) is 3.72. The second kappa shape index (κ2) is 7.46. The van der Waals surface area contributed by atoms with E-state index in [4.69, 9.17) is 4.74 Å². The fourth-order valence-electron chi connectivity index (χ4n) is 2.68. The van der Waals surface area contributed by atoms with Gasteiger partial charge in [-0.15, -0.1) is 0 Å². The first-order valence-corrected chi connectivity index (χ1v) is 7.88. The lowest BCUT2D eigenvalue weighted by Gasteiger charge is -2.18. The maximum Gasteiger partial charge on any atom is 0.221 e. The molecule has 0 spiro atoms. The third-order valence-corrected chi connectivity index (χ3v) is 3.72. The Morgan fingerprint density at radius 2 is 2.19 bits per heavy atom. The number of hydrogen-bond acceptors (Lipinski definition) is 3. The van der Waals surface area contributed by atoms with E-state index in [-0.39, 0.29) is 11.9 Å². The van der Waals surface area contributed by atoms with Crippen LogP contribution in [0.25, 0.3) is 0 Å². The van der Waals surface area contributed by atoms with E-state index in [0.717, 1.165) is 25.2 Å². The van der Waals surface area contributed by atoms with Crippen LogP contribution in [0.15, 0.2) is 18.2 Å². The minimum absolute atomic E-state index is 0.106. The normalized spacial score (nSPS) is 14.7. The van der Waals surface area contributed by atoms with E-state index in [2.05, 4.69) is 35.8 Å². The van der Waals surface area contributed by atoms with Crippen molar-refractivity contribution in [2.75, 3.05) is 13.2 Å². The zero-order valence-electron chi connectivity index (χ0n) is 13.2. The highest BCUT2D eigenvalue weighted by Gasteiger charge is 2.16. The molecule has 0 saturated heterocycles. The van der Waals surface area contributed by atoms with Crippen LogP contribution in [-0.4, -0.2) is 25.1 Å². The molecule has 21 heavy (non-hydrogen) atoms. The third kappa shape index (κ3) is 4.46. The predicted molar refractivity (Wildman–Crippen MR) is 84.6 cm³/mol. The number of amides is 1. The van der Waals surface area contributed by atoms with Crippen LogP contribution >= 0.6 is 0 Å². The van der Waals surface area contributed by atoms with E-state index in [0.29, 0.717) is 19.0 Å². The Kier molecular flexibility index (Phi) is 5.62. The average Bonchev–Trinajstić information content (AvgIpc) is 2.90. The highest BCUT2D eigenvalue weighted by molar-refractivity contribution is 5.76. The molecule has 4 nitrogen and oxygen atoms in total. The SMILES string of the molecule is CCC(NCCC(=O)NC(C)C)c1ccc2c(c1)CCO2. The zero-order chi connectivity index (χ0) is 15.2. The average molecular weight is 290 g/mol. The second-order valence-corrected chi connectivity index (χ2v) is 5.85. The molecule has 1 aromatic rings. The Labute approximate surface area is 127 Å². The van der Waals surface area contributed by atoms with Gasteiger partial charge in [0.25, 0.3) is 0 Å². The summed E-state index contributed by atoms with van der Waals surface area (Å²) in [6, 6.07) is 6.92. The smallest absolute Gasteiger partial charge is 0.221 e. The van der Waals surface area contributed by atoms with E-state index < -0.39 is 0 Å². The molecule has 0 aliphatic carbocycles. The van der Waals surface area contributed by atoms with Gasteiger partial charge in [0.05, 0.1) is 6.61 Å². The summed E-state index contributed by atoms with van der Waals surface area (Å²) in [5, 5.41) is 6.39. The molecule has 1 unspecified atom stereocenters. The lowest BCUT2D eigenvalue weighted by atomic mass is 10.0. The topological polar surface area (TPSA) is 50.4 Å². The lowest BCUT2D eigenvalue weighted by Crippen LogP contribution is -2.33. The van der Waals surface area contributed by atoms with Crippen LogP contribution in [0.4, 0.5) is 0 Å². The van der Waals surface area contributed by atoms with Gasteiger partial charge in [0, 0.05) is 31.5 Å². The molecular weight excluding hydrogens is 264 g/mol. The molecule has 1 atom stereocenters. The van der Waals surface area contributed by atoms with Crippen LogP contribution < -0.4 is 15.4 Å². The van der Waals surface area contributed by atoms with Crippen LogP contribution in [0, 0.1) is 0 Å². The molecule has 1 aliphatic heterocycles. The van der Waals surface area contributed by atoms with Crippen molar-refractivity contribution in [3.05, 3.63) is 29.3 Å². The number of carbonyl (C=O) groups is 1. The minimum Gasteiger partial charge on any atom is -0.493 e. The van der Waals surface area contributed by atoms with Gasteiger partial charge in [0.2, 0.25) is 5.91 Å². The van der Waals surface area contributed by atoms with Gasteiger partial charge in [-0.3, -0.25) is 4.79 Å². The molecule has 1 aliphatic rings. The van der Waals surface area contributed by atoms with Crippen molar-refractivity contribution in [3.63, 3.8) is 0 Å². The Balaban J connectivity index is 1.87. The summed E-state index contributed by atoms with van der Waals surface area (Å²) in [6.45, 7) is 7.61. The zero-order valence-corrected chi connectivity index (χ0v) is 13.2. The van der Waals surface area contributed by atoms with Crippen molar-refractivity contribution in [2.45, 2.75) is 52.1 Å². The number of benzene rings is 1. The molecule has 1 aromatic carbocycles. The molecule has 116 valence electrons. The van der Waals surface area contributed by atoms with E-state index in [1.165, 1.54) is 11.1 Å². The minimum atomic E-state index is 0.106. The van der Waals surface area contributed by atoms with Gasteiger partial charge in [-0.25, -0.2) is 0 Å². The number of ether oxygens (including phenoxy) is 1. The van der Waals surface area contributed by atoms with Gasteiger partial charge in [-0.1, -0.05) is 19.1 Å². The van der Waals surface area contributed by atoms with Gasteiger partial charge in [0.1, 0.15) is 5.75 Å². The predicted octanol–water partition coefficient (Wildman–Crippen LogP) is 2.58. The summed E-state index contributed by atoms with van der Waals surface area (Å²) in [4.78, 5) is 11.6. The van der Waals surface area contributed by atoms with Gasteiger partial charge in [0.15, 0.2) is 0 Å².